The first-order valence-electron chi connectivity index (χ1n) is 8.04. The minimum absolute atomic E-state index is 0.115. The predicted molar refractivity (Wildman–Crippen MR) is 90.4 cm³/mol. The van der Waals surface area contributed by atoms with Crippen LogP contribution in [0.4, 0.5) is 0 Å². The molecule has 1 saturated carbocycles. The molecule has 118 valence electrons. The van der Waals surface area contributed by atoms with Gasteiger partial charge in [-0.2, -0.15) is 0 Å². The molecule has 0 radical (unpaired) electrons. The summed E-state index contributed by atoms with van der Waals surface area (Å²) >= 11 is 0. The number of hydrogen-bond acceptors (Lipinski definition) is 3. The molecule has 0 unspecified atom stereocenters. The van der Waals surface area contributed by atoms with Gasteiger partial charge in [0.1, 0.15) is 11.0 Å². The van der Waals surface area contributed by atoms with Crippen molar-refractivity contribution in [2.24, 2.45) is 5.92 Å². The first-order valence-corrected chi connectivity index (χ1v) is 8.04. The van der Waals surface area contributed by atoms with Crippen LogP contribution >= 0.6 is 0 Å². The van der Waals surface area contributed by atoms with E-state index in [1.807, 2.05) is 6.92 Å². The van der Waals surface area contributed by atoms with Crippen molar-refractivity contribution in [1.82, 2.24) is 20.3 Å². The lowest BCUT2D eigenvalue weighted by molar-refractivity contribution is 0.627. The molecule has 1 aliphatic rings. The predicted octanol–water partition coefficient (Wildman–Crippen LogP) is 2.45. The van der Waals surface area contributed by atoms with Crippen molar-refractivity contribution in [2.75, 3.05) is 6.54 Å². The van der Waals surface area contributed by atoms with E-state index >= 15 is 0 Å². The van der Waals surface area contributed by atoms with E-state index in [1.54, 1.807) is 0 Å². The van der Waals surface area contributed by atoms with Crippen molar-refractivity contribution < 1.29 is 0 Å². The zero-order valence-corrected chi connectivity index (χ0v) is 13.1. The van der Waals surface area contributed by atoms with Crippen LogP contribution in [0.1, 0.15) is 29.2 Å². The Kier molecular flexibility index (Phi) is 3.50. The van der Waals surface area contributed by atoms with Gasteiger partial charge in [-0.3, -0.25) is 4.79 Å². The largest absolute Gasteiger partial charge is 0.353 e. The van der Waals surface area contributed by atoms with E-state index in [1.165, 1.54) is 18.3 Å². The lowest BCUT2D eigenvalue weighted by Gasteiger charge is -2.05. The molecule has 0 bridgehead atoms. The molecule has 2 aromatic heterocycles. The molecular weight excluding hydrogens is 288 g/mol. The molecule has 4 rings (SSSR count). The van der Waals surface area contributed by atoms with Crippen LogP contribution in [0.15, 0.2) is 41.5 Å². The maximum absolute atomic E-state index is 11.8. The lowest BCUT2D eigenvalue weighted by Crippen LogP contribution is -2.17. The summed E-state index contributed by atoms with van der Waals surface area (Å²) in [6.45, 7) is 3.72. The molecule has 3 N–H and O–H groups in total. The van der Waals surface area contributed by atoms with Gasteiger partial charge in [-0.05, 0) is 37.3 Å². The molecule has 1 aromatic carbocycles. The Morgan fingerprint density at radius 3 is 2.96 bits per heavy atom. The molecule has 1 fully saturated rings. The lowest BCUT2D eigenvalue weighted by atomic mass is 10.1. The third-order valence-corrected chi connectivity index (χ3v) is 4.76. The number of rotatable bonds is 5. The highest BCUT2D eigenvalue weighted by molar-refractivity contribution is 5.79. The number of fused-ring (bicyclic) bond motifs is 1. The molecule has 0 saturated heterocycles. The number of aromatic amines is 2. The third-order valence-electron chi connectivity index (χ3n) is 4.76. The van der Waals surface area contributed by atoms with E-state index in [9.17, 15) is 4.79 Å². The Balaban J connectivity index is 1.40. The Morgan fingerprint density at radius 2 is 2.13 bits per heavy atom. The second kappa shape index (κ2) is 5.66. The van der Waals surface area contributed by atoms with Gasteiger partial charge in [-0.1, -0.05) is 30.3 Å². The molecule has 2 atom stereocenters. The number of aryl methyl sites for hydroxylation is 1. The monoisotopic (exact) mass is 308 g/mol. The van der Waals surface area contributed by atoms with E-state index < -0.39 is 0 Å². The first-order chi connectivity index (χ1) is 11.2. The van der Waals surface area contributed by atoms with Crippen LogP contribution in [-0.2, 0) is 6.54 Å². The quantitative estimate of drug-likeness (QED) is 0.678. The Bertz CT molecular complexity index is 881. The SMILES string of the molecule is Cc1[nH]c2c(=O)[nH]cnc2c1CNC[C@@H]1C[C@H]1c1ccccc1. The van der Waals surface area contributed by atoms with Gasteiger partial charge >= 0.3 is 0 Å². The Morgan fingerprint density at radius 1 is 1.30 bits per heavy atom. The summed E-state index contributed by atoms with van der Waals surface area (Å²) in [7, 11) is 0. The number of nitrogens with zero attached hydrogens (tertiary/aromatic N) is 1. The summed E-state index contributed by atoms with van der Waals surface area (Å²) in [6.07, 6.45) is 2.72. The number of H-pyrrole nitrogens is 2. The van der Waals surface area contributed by atoms with Gasteiger partial charge in [0.2, 0.25) is 0 Å². The highest BCUT2D eigenvalue weighted by atomic mass is 16.1. The van der Waals surface area contributed by atoms with Gasteiger partial charge < -0.3 is 15.3 Å². The van der Waals surface area contributed by atoms with Crippen LogP contribution in [0.25, 0.3) is 11.0 Å². The minimum atomic E-state index is -0.115. The maximum Gasteiger partial charge on any atom is 0.275 e. The van der Waals surface area contributed by atoms with Gasteiger partial charge in [-0.25, -0.2) is 4.98 Å². The van der Waals surface area contributed by atoms with E-state index in [-0.39, 0.29) is 5.56 Å². The molecule has 3 aromatic rings. The van der Waals surface area contributed by atoms with Gasteiger partial charge in [0, 0.05) is 17.8 Å². The highest BCUT2D eigenvalue weighted by Gasteiger charge is 2.37. The fraction of sp³-hybridized carbons (Fsp3) is 0.333. The third kappa shape index (κ3) is 2.68. The summed E-state index contributed by atoms with van der Waals surface area (Å²) in [5, 5.41) is 3.53. The highest BCUT2D eigenvalue weighted by Crippen LogP contribution is 2.46. The minimum Gasteiger partial charge on any atom is -0.353 e. The van der Waals surface area contributed by atoms with E-state index in [2.05, 4.69) is 50.6 Å². The van der Waals surface area contributed by atoms with Crippen LogP contribution in [0.3, 0.4) is 0 Å². The van der Waals surface area contributed by atoms with Crippen LogP contribution < -0.4 is 10.9 Å². The van der Waals surface area contributed by atoms with Crippen molar-refractivity contribution in [2.45, 2.75) is 25.8 Å². The van der Waals surface area contributed by atoms with E-state index in [0.717, 1.165) is 29.9 Å². The average Bonchev–Trinajstić information content (AvgIpc) is 3.27. The van der Waals surface area contributed by atoms with Crippen LogP contribution in [0.2, 0.25) is 0 Å². The molecule has 2 heterocycles. The molecule has 5 heteroatoms. The fourth-order valence-electron chi connectivity index (χ4n) is 3.37. The molecule has 0 spiro atoms. The van der Waals surface area contributed by atoms with Crippen LogP contribution in [0, 0.1) is 12.8 Å². The normalized spacial score (nSPS) is 20.0. The Labute approximate surface area is 134 Å². The van der Waals surface area contributed by atoms with E-state index in [0.29, 0.717) is 17.4 Å². The van der Waals surface area contributed by atoms with Gasteiger partial charge in [0.15, 0.2) is 0 Å². The second-order valence-electron chi connectivity index (χ2n) is 6.33. The zero-order chi connectivity index (χ0) is 15.8. The van der Waals surface area contributed by atoms with Crippen LogP contribution in [-0.4, -0.2) is 21.5 Å². The molecule has 23 heavy (non-hydrogen) atoms. The molecule has 5 nitrogen and oxygen atoms in total. The number of benzene rings is 1. The van der Waals surface area contributed by atoms with Gasteiger partial charge in [0.05, 0.1) is 6.33 Å². The van der Waals surface area contributed by atoms with Crippen molar-refractivity contribution in [1.29, 1.82) is 0 Å². The molecule has 1 aliphatic carbocycles. The van der Waals surface area contributed by atoms with Crippen molar-refractivity contribution in [3.8, 4) is 0 Å². The summed E-state index contributed by atoms with van der Waals surface area (Å²) in [5.41, 5.74) is 4.76. The van der Waals surface area contributed by atoms with Gasteiger partial charge in [0.25, 0.3) is 5.56 Å². The van der Waals surface area contributed by atoms with Crippen molar-refractivity contribution in [3.63, 3.8) is 0 Å². The number of hydrogen-bond donors (Lipinski definition) is 3. The van der Waals surface area contributed by atoms with Crippen LogP contribution in [0.5, 0.6) is 0 Å². The average molecular weight is 308 g/mol. The van der Waals surface area contributed by atoms with Gasteiger partial charge in [-0.15, -0.1) is 0 Å². The molecule has 0 aliphatic heterocycles. The zero-order valence-electron chi connectivity index (χ0n) is 13.1. The standard InChI is InChI=1S/C18H20N4O/c1-11-15(16-17(22-11)18(23)21-10-20-16)9-19-8-13-7-14(13)12-5-3-2-4-6-12/h2-6,10,13-14,19,22H,7-9H2,1H3,(H,20,21,23)/t13-,14-/m0/s1. The first kappa shape index (κ1) is 14.2. The smallest absolute Gasteiger partial charge is 0.275 e. The molecule has 0 amide bonds. The van der Waals surface area contributed by atoms with E-state index in [4.69, 9.17) is 0 Å². The molecular formula is C18H20N4O. The maximum atomic E-state index is 11.8. The second-order valence-corrected chi connectivity index (χ2v) is 6.33. The summed E-state index contributed by atoms with van der Waals surface area (Å²) in [6, 6.07) is 10.7. The fourth-order valence-corrected chi connectivity index (χ4v) is 3.37. The number of aromatic nitrogens is 3. The summed E-state index contributed by atoms with van der Waals surface area (Å²) in [4.78, 5) is 21.8. The number of nitrogens with one attached hydrogen (secondary N) is 3. The summed E-state index contributed by atoms with van der Waals surface area (Å²) < 4.78 is 0. The van der Waals surface area contributed by atoms with Crippen molar-refractivity contribution in [3.05, 3.63) is 63.8 Å². The Hall–Kier alpha value is -2.40. The topological polar surface area (TPSA) is 73.6 Å². The van der Waals surface area contributed by atoms with Crippen molar-refractivity contribution >= 4 is 11.0 Å². The summed E-state index contributed by atoms with van der Waals surface area (Å²) in [5.74, 6) is 1.40.